The van der Waals surface area contributed by atoms with Gasteiger partial charge in [0.05, 0.1) is 0 Å². The highest BCUT2D eigenvalue weighted by Gasteiger charge is 1.98. The van der Waals surface area contributed by atoms with Crippen molar-refractivity contribution in [2.45, 2.75) is 12.8 Å². The van der Waals surface area contributed by atoms with Gasteiger partial charge in [-0.3, -0.25) is 5.21 Å². The summed E-state index contributed by atoms with van der Waals surface area (Å²) in [6.07, 6.45) is 3.23. The van der Waals surface area contributed by atoms with Gasteiger partial charge in [-0.25, -0.2) is 0 Å². The number of ether oxygens (including phenoxy) is 1. The summed E-state index contributed by atoms with van der Waals surface area (Å²) >= 11 is 0. The predicted octanol–water partition coefficient (Wildman–Crippen LogP) is 3.38. The van der Waals surface area contributed by atoms with Crippen molar-refractivity contribution in [2.24, 2.45) is 5.10 Å². The Kier molecular flexibility index (Phi) is 4.96. The Labute approximate surface area is 112 Å². The predicted molar refractivity (Wildman–Crippen MR) is 74.7 cm³/mol. The van der Waals surface area contributed by atoms with Crippen LogP contribution in [0.1, 0.15) is 12.0 Å². The van der Waals surface area contributed by atoms with Crippen LogP contribution in [-0.4, -0.2) is 11.4 Å². The van der Waals surface area contributed by atoms with E-state index < -0.39 is 0 Å². The highest BCUT2D eigenvalue weighted by atomic mass is 16.5. The second kappa shape index (κ2) is 7.18. The first-order valence-corrected chi connectivity index (χ1v) is 6.11. The summed E-state index contributed by atoms with van der Waals surface area (Å²) in [4.78, 5) is 0. The molecule has 0 saturated heterocycles. The van der Waals surface area contributed by atoms with Crippen molar-refractivity contribution < 1.29 is 9.94 Å². The van der Waals surface area contributed by atoms with Crippen LogP contribution in [0.3, 0.4) is 0 Å². The van der Waals surface area contributed by atoms with Gasteiger partial charge in [-0.05, 0) is 42.7 Å². The lowest BCUT2D eigenvalue weighted by molar-refractivity contribution is 0.172. The van der Waals surface area contributed by atoms with Crippen LogP contribution in [0.25, 0.3) is 0 Å². The van der Waals surface area contributed by atoms with E-state index in [-0.39, 0.29) is 0 Å². The summed E-state index contributed by atoms with van der Waals surface area (Å²) in [6.45, 7) is 0. The Morgan fingerprint density at radius 1 is 1.05 bits per heavy atom. The molecular weight excluding hydrogens is 240 g/mol. The van der Waals surface area contributed by atoms with Crippen molar-refractivity contribution in [1.29, 1.82) is 0 Å². The van der Waals surface area contributed by atoms with E-state index in [0.29, 0.717) is 0 Å². The molecule has 0 heterocycles. The monoisotopic (exact) mass is 256 g/mol. The van der Waals surface area contributed by atoms with Crippen LogP contribution >= 0.6 is 0 Å². The number of rotatable bonds is 6. The molecule has 4 heteroatoms. The second-order valence-electron chi connectivity index (χ2n) is 4.01. The molecule has 2 rings (SSSR count). The maximum absolute atomic E-state index is 8.30. The summed E-state index contributed by atoms with van der Waals surface area (Å²) in [5.41, 5.74) is 2.91. The molecule has 0 aliphatic carbocycles. The zero-order valence-electron chi connectivity index (χ0n) is 10.5. The molecule has 2 aromatic carbocycles. The molecule has 0 aromatic heterocycles. The van der Waals surface area contributed by atoms with Crippen molar-refractivity contribution in [2.75, 3.05) is 0 Å². The molecule has 19 heavy (non-hydrogen) atoms. The SMILES string of the molecule is ONN=CCCc1cccc(Oc2ccccc2)c1. The van der Waals surface area contributed by atoms with Gasteiger partial charge in [-0.1, -0.05) is 30.3 Å². The van der Waals surface area contributed by atoms with Crippen LogP contribution in [0.2, 0.25) is 0 Å². The Hall–Kier alpha value is -2.33. The fraction of sp³-hybridized carbons (Fsp3) is 0.133. The average molecular weight is 256 g/mol. The van der Waals surface area contributed by atoms with Crippen LogP contribution in [0.15, 0.2) is 59.7 Å². The molecule has 0 amide bonds. The molecular formula is C15H16N2O2. The molecule has 0 aliphatic rings. The highest BCUT2D eigenvalue weighted by molar-refractivity contribution is 5.57. The van der Waals surface area contributed by atoms with E-state index in [9.17, 15) is 0 Å². The maximum atomic E-state index is 8.30. The number of hydrogen-bond donors (Lipinski definition) is 2. The summed E-state index contributed by atoms with van der Waals surface area (Å²) in [7, 11) is 0. The number of hydrazone groups is 1. The fourth-order valence-corrected chi connectivity index (χ4v) is 1.73. The Morgan fingerprint density at radius 2 is 1.84 bits per heavy atom. The normalized spacial score (nSPS) is 10.6. The van der Waals surface area contributed by atoms with Gasteiger partial charge in [-0.15, -0.1) is 0 Å². The average Bonchev–Trinajstić information content (AvgIpc) is 2.45. The van der Waals surface area contributed by atoms with Gasteiger partial charge >= 0.3 is 0 Å². The van der Waals surface area contributed by atoms with Gasteiger partial charge in [0.25, 0.3) is 0 Å². The molecule has 0 bridgehead atoms. The lowest BCUT2D eigenvalue weighted by Crippen LogP contribution is -1.96. The van der Waals surface area contributed by atoms with Crippen molar-refractivity contribution in [1.82, 2.24) is 5.59 Å². The van der Waals surface area contributed by atoms with Crippen molar-refractivity contribution in [3.63, 3.8) is 0 Å². The number of nitrogens with zero attached hydrogens (tertiary/aromatic N) is 1. The molecule has 2 aromatic rings. The van der Waals surface area contributed by atoms with Crippen molar-refractivity contribution in [3.05, 3.63) is 60.2 Å². The van der Waals surface area contributed by atoms with Crippen LogP contribution < -0.4 is 10.3 Å². The van der Waals surface area contributed by atoms with E-state index in [1.165, 1.54) is 0 Å². The number of hydrogen-bond acceptors (Lipinski definition) is 4. The lowest BCUT2D eigenvalue weighted by Gasteiger charge is -2.07. The molecule has 4 nitrogen and oxygen atoms in total. The first-order chi connectivity index (χ1) is 9.38. The van der Waals surface area contributed by atoms with Gasteiger partial charge in [-0.2, -0.15) is 10.7 Å². The van der Waals surface area contributed by atoms with Crippen LogP contribution in [0.5, 0.6) is 11.5 Å². The number of nitrogens with one attached hydrogen (secondary N) is 1. The zero-order valence-corrected chi connectivity index (χ0v) is 10.5. The second-order valence-corrected chi connectivity index (χ2v) is 4.01. The molecule has 0 saturated carbocycles. The minimum Gasteiger partial charge on any atom is -0.457 e. The fourth-order valence-electron chi connectivity index (χ4n) is 1.73. The standard InChI is InChI=1S/C15H16N2O2/c18-17-16-11-5-7-13-6-4-10-15(12-13)19-14-8-2-1-3-9-14/h1-4,6,8-12,17-18H,5,7H2. The third-order valence-corrected chi connectivity index (χ3v) is 2.59. The number of aryl methyl sites for hydroxylation is 1. The third kappa shape index (κ3) is 4.44. The molecule has 0 atom stereocenters. The van der Waals surface area contributed by atoms with Crippen LogP contribution in [0.4, 0.5) is 0 Å². The smallest absolute Gasteiger partial charge is 0.127 e. The number of para-hydroxylation sites is 1. The molecule has 98 valence electrons. The van der Waals surface area contributed by atoms with Crippen molar-refractivity contribution >= 4 is 6.21 Å². The minimum absolute atomic E-state index is 0.752. The quantitative estimate of drug-likeness (QED) is 0.615. The van der Waals surface area contributed by atoms with Gasteiger partial charge in [0, 0.05) is 6.21 Å². The third-order valence-electron chi connectivity index (χ3n) is 2.59. The summed E-state index contributed by atoms with van der Waals surface area (Å²) in [5, 5.41) is 11.8. The maximum Gasteiger partial charge on any atom is 0.127 e. The minimum atomic E-state index is 0.752. The summed E-state index contributed by atoms with van der Waals surface area (Å²) in [5.74, 6) is 1.65. The topological polar surface area (TPSA) is 53.8 Å². The van der Waals surface area contributed by atoms with Gasteiger partial charge in [0.1, 0.15) is 11.5 Å². The molecule has 0 radical (unpaired) electrons. The Balaban J connectivity index is 1.97. The summed E-state index contributed by atoms with van der Waals surface area (Å²) < 4.78 is 5.76. The Bertz CT molecular complexity index is 527. The van der Waals surface area contributed by atoms with Crippen LogP contribution in [0, 0.1) is 0 Å². The van der Waals surface area contributed by atoms with Crippen molar-refractivity contribution in [3.8, 4) is 11.5 Å². The van der Waals surface area contributed by atoms with E-state index in [1.54, 1.807) is 11.8 Å². The molecule has 0 spiro atoms. The molecule has 0 fully saturated rings. The largest absolute Gasteiger partial charge is 0.457 e. The Morgan fingerprint density at radius 3 is 2.63 bits per heavy atom. The van der Waals surface area contributed by atoms with Gasteiger partial charge in [0.15, 0.2) is 0 Å². The van der Waals surface area contributed by atoms with Crippen LogP contribution in [-0.2, 0) is 6.42 Å². The molecule has 2 N–H and O–H groups in total. The first kappa shape index (κ1) is 13.1. The van der Waals surface area contributed by atoms with Gasteiger partial charge < -0.3 is 4.74 Å². The van der Waals surface area contributed by atoms with E-state index in [1.807, 2.05) is 54.6 Å². The lowest BCUT2D eigenvalue weighted by atomic mass is 10.1. The van der Waals surface area contributed by atoms with Gasteiger partial charge in [0.2, 0.25) is 0 Å². The van der Waals surface area contributed by atoms with E-state index in [4.69, 9.17) is 9.94 Å². The zero-order chi connectivity index (χ0) is 13.3. The molecule has 0 aliphatic heterocycles. The van der Waals surface area contributed by atoms with E-state index in [0.717, 1.165) is 29.9 Å². The first-order valence-electron chi connectivity index (χ1n) is 6.11. The molecule has 0 unspecified atom stereocenters. The van der Waals surface area contributed by atoms with E-state index in [2.05, 4.69) is 5.10 Å². The highest BCUT2D eigenvalue weighted by Crippen LogP contribution is 2.22. The summed E-state index contributed by atoms with van der Waals surface area (Å²) in [6, 6.07) is 17.6. The van der Waals surface area contributed by atoms with E-state index >= 15 is 0 Å². The number of benzene rings is 2.